The minimum Gasteiger partial charge on any atom is -0.462 e. The fourth-order valence-corrected chi connectivity index (χ4v) is 10.8. The van der Waals surface area contributed by atoms with Crippen molar-refractivity contribution in [3.63, 3.8) is 0 Å². The standard InChI is InChI=1S/C32H49NO4/c1-19(34)37-24-10-11-30(6)23(27(24,2)3)9-12-32(8)25(30)22(35)17-20-21-18-29(5,26(33)36)14-13-28(21,4)15-16-31(20,32)7/h17,21,23-25H,9-16,18H2,1-8H3,(H2,33,36)/t21-,23?,24-,25+,28+,29?,30-,31+,32+/m0/s1. The van der Waals surface area contributed by atoms with Crippen LogP contribution in [0.1, 0.15) is 113 Å². The Bertz CT molecular complexity index is 1080. The van der Waals surface area contributed by atoms with Crippen molar-refractivity contribution in [3.8, 4) is 0 Å². The van der Waals surface area contributed by atoms with Crippen LogP contribution in [0.4, 0.5) is 0 Å². The first-order valence-electron chi connectivity index (χ1n) is 14.7. The third kappa shape index (κ3) is 3.43. The fraction of sp³-hybridized carbons (Fsp3) is 0.844. The minimum atomic E-state index is -0.507. The lowest BCUT2D eigenvalue weighted by atomic mass is 9.33. The van der Waals surface area contributed by atoms with Crippen LogP contribution in [0.25, 0.3) is 0 Å². The number of ether oxygens (including phenoxy) is 1. The number of ketones is 1. The first-order chi connectivity index (χ1) is 16.9. The Kier molecular flexibility index (Phi) is 5.78. The van der Waals surface area contributed by atoms with Gasteiger partial charge in [-0.3, -0.25) is 14.4 Å². The van der Waals surface area contributed by atoms with Gasteiger partial charge in [0.1, 0.15) is 6.10 Å². The van der Waals surface area contributed by atoms with Gasteiger partial charge in [0.15, 0.2) is 5.78 Å². The monoisotopic (exact) mass is 511 g/mol. The zero-order valence-electron chi connectivity index (χ0n) is 24.5. The largest absolute Gasteiger partial charge is 0.462 e. The van der Waals surface area contributed by atoms with Crippen molar-refractivity contribution < 1.29 is 19.1 Å². The van der Waals surface area contributed by atoms with Crippen LogP contribution in [0.5, 0.6) is 0 Å². The van der Waals surface area contributed by atoms with Crippen LogP contribution in [0.3, 0.4) is 0 Å². The Morgan fingerprint density at radius 3 is 2.19 bits per heavy atom. The number of hydrogen-bond acceptors (Lipinski definition) is 4. The average molecular weight is 512 g/mol. The molecule has 0 heterocycles. The summed E-state index contributed by atoms with van der Waals surface area (Å²) in [7, 11) is 0. The Morgan fingerprint density at radius 1 is 0.919 bits per heavy atom. The molecule has 5 rings (SSSR count). The predicted molar refractivity (Wildman–Crippen MR) is 144 cm³/mol. The Balaban J connectivity index is 1.58. The molecule has 37 heavy (non-hydrogen) atoms. The van der Waals surface area contributed by atoms with Crippen molar-refractivity contribution in [2.45, 2.75) is 119 Å². The molecule has 2 unspecified atom stereocenters. The molecule has 4 saturated carbocycles. The van der Waals surface area contributed by atoms with Crippen LogP contribution in [0.15, 0.2) is 11.6 Å². The average Bonchev–Trinajstić information content (AvgIpc) is 2.78. The molecule has 0 bridgehead atoms. The summed E-state index contributed by atoms with van der Waals surface area (Å²) in [6.45, 7) is 17.6. The molecule has 0 aromatic rings. The van der Waals surface area contributed by atoms with Crippen molar-refractivity contribution in [1.82, 2.24) is 0 Å². The van der Waals surface area contributed by atoms with Gasteiger partial charge in [0.25, 0.3) is 0 Å². The normalized spacial score (nSPS) is 50.5. The lowest BCUT2D eigenvalue weighted by Gasteiger charge is -2.70. The van der Waals surface area contributed by atoms with Gasteiger partial charge in [-0.05, 0) is 97.4 Å². The van der Waals surface area contributed by atoms with E-state index < -0.39 is 5.41 Å². The summed E-state index contributed by atoms with van der Waals surface area (Å²) in [5.74, 6) is 0.381. The van der Waals surface area contributed by atoms with E-state index in [1.165, 1.54) is 12.5 Å². The van der Waals surface area contributed by atoms with Crippen molar-refractivity contribution in [3.05, 3.63) is 11.6 Å². The van der Waals surface area contributed by atoms with Crippen molar-refractivity contribution in [2.75, 3.05) is 0 Å². The zero-order chi connectivity index (χ0) is 27.4. The molecule has 5 heteroatoms. The molecule has 4 fully saturated rings. The Hall–Kier alpha value is -1.65. The summed E-state index contributed by atoms with van der Waals surface area (Å²) >= 11 is 0. The lowest BCUT2D eigenvalue weighted by molar-refractivity contribution is -0.210. The highest BCUT2D eigenvalue weighted by Crippen LogP contribution is 2.75. The van der Waals surface area contributed by atoms with E-state index >= 15 is 0 Å². The van der Waals surface area contributed by atoms with Gasteiger partial charge >= 0.3 is 5.97 Å². The molecule has 0 aromatic heterocycles. The molecule has 206 valence electrons. The van der Waals surface area contributed by atoms with E-state index in [0.29, 0.717) is 11.7 Å². The van der Waals surface area contributed by atoms with E-state index in [0.717, 1.165) is 57.8 Å². The maximum Gasteiger partial charge on any atom is 0.302 e. The predicted octanol–water partition coefficient (Wildman–Crippen LogP) is 6.38. The quantitative estimate of drug-likeness (QED) is 0.436. The van der Waals surface area contributed by atoms with Gasteiger partial charge in [-0.2, -0.15) is 0 Å². The molecule has 5 nitrogen and oxygen atoms in total. The number of primary amides is 1. The number of carbonyl (C=O) groups excluding carboxylic acids is 3. The van der Waals surface area contributed by atoms with Gasteiger partial charge in [-0.1, -0.05) is 54.0 Å². The highest BCUT2D eigenvalue weighted by Gasteiger charge is 2.70. The molecule has 0 saturated heterocycles. The first kappa shape index (κ1) is 26.9. The molecular weight excluding hydrogens is 462 g/mol. The third-order valence-corrected chi connectivity index (χ3v) is 13.4. The summed E-state index contributed by atoms with van der Waals surface area (Å²) < 4.78 is 5.83. The number of esters is 1. The molecule has 0 radical (unpaired) electrons. The molecule has 2 N–H and O–H groups in total. The van der Waals surface area contributed by atoms with Crippen molar-refractivity contribution in [2.24, 2.45) is 56.0 Å². The van der Waals surface area contributed by atoms with E-state index in [1.807, 2.05) is 6.92 Å². The highest BCUT2D eigenvalue weighted by atomic mass is 16.5. The van der Waals surface area contributed by atoms with Crippen LogP contribution in [0.2, 0.25) is 0 Å². The van der Waals surface area contributed by atoms with Gasteiger partial charge in [0, 0.05) is 23.7 Å². The summed E-state index contributed by atoms with van der Waals surface area (Å²) in [6.07, 6.45) is 10.5. The summed E-state index contributed by atoms with van der Waals surface area (Å²) in [5, 5.41) is 0. The second kappa shape index (κ2) is 7.94. The third-order valence-electron chi connectivity index (χ3n) is 13.4. The number of amides is 1. The van der Waals surface area contributed by atoms with E-state index in [1.54, 1.807) is 0 Å². The number of carbonyl (C=O) groups is 3. The van der Waals surface area contributed by atoms with Crippen LogP contribution in [0, 0.1) is 50.2 Å². The number of allylic oxidation sites excluding steroid dienone is 2. The molecule has 1 amide bonds. The van der Waals surface area contributed by atoms with Crippen molar-refractivity contribution in [1.29, 1.82) is 0 Å². The second-order valence-corrected chi connectivity index (χ2v) is 15.6. The molecule has 0 spiro atoms. The number of hydrogen-bond donors (Lipinski definition) is 1. The summed E-state index contributed by atoms with van der Waals surface area (Å²) in [5.41, 5.74) is 6.33. The van der Waals surface area contributed by atoms with Gasteiger partial charge in [0.05, 0.1) is 0 Å². The fourth-order valence-electron chi connectivity index (χ4n) is 10.8. The number of rotatable bonds is 2. The molecular formula is C32H49NO4. The molecule has 5 aliphatic carbocycles. The number of nitrogens with two attached hydrogens (primary N) is 1. The van der Waals surface area contributed by atoms with Crippen LogP contribution in [-0.4, -0.2) is 23.8 Å². The van der Waals surface area contributed by atoms with Gasteiger partial charge < -0.3 is 10.5 Å². The SMILES string of the molecule is CC(=O)O[C@H]1CC[C@@]2(C)C(CC[C@]3(C)[C@@H]2C(=O)C=C2[C@@H]4CC(C)(C(N)=O)CC[C@]4(C)CC[C@]23C)C1(C)C. The second-order valence-electron chi connectivity index (χ2n) is 15.6. The van der Waals surface area contributed by atoms with Crippen molar-refractivity contribution >= 4 is 17.7 Å². The van der Waals surface area contributed by atoms with E-state index in [2.05, 4.69) is 47.6 Å². The van der Waals surface area contributed by atoms with Gasteiger partial charge in [-0.25, -0.2) is 0 Å². The van der Waals surface area contributed by atoms with E-state index in [4.69, 9.17) is 10.5 Å². The minimum absolute atomic E-state index is 0.0412. The molecule has 5 aliphatic rings. The highest BCUT2D eigenvalue weighted by molar-refractivity contribution is 5.95. The zero-order valence-corrected chi connectivity index (χ0v) is 24.5. The number of fused-ring (bicyclic) bond motifs is 7. The van der Waals surface area contributed by atoms with Gasteiger partial charge in [0.2, 0.25) is 5.91 Å². The smallest absolute Gasteiger partial charge is 0.302 e. The summed E-state index contributed by atoms with van der Waals surface area (Å²) in [4.78, 5) is 38.8. The Morgan fingerprint density at radius 2 is 1.57 bits per heavy atom. The van der Waals surface area contributed by atoms with Crippen LogP contribution >= 0.6 is 0 Å². The lowest BCUT2D eigenvalue weighted by Crippen LogP contribution is -2.66. The van der Waals surface area contributed by atoms with Crippen LogP contribution in [-0.2, 0) is 19.1 Å². The summed E-state index contributed by atoms with van der Waals surface area (Å²) in [6, 6.07) is 0. The van der Waals surface area contributed by atoms with E-state index in [9.17, 15) is 14.4 Å². The molecule has 0 aromatic carbocycles. The van der Waals surface area contributed by atoms with E-state index in [-0.39, 0.29) is 56.9 Å². The van der Waals surface area contributed by atoms with Crippen LogP contribution < -0.4 is 5.73 Å². The Labute approximate surface area is 223 Å². The topological polar surface area (TPSA) is 86.5 Å². The maximum absolute atomic E-state index is 14.4. The van der Waals surface area contributed by atoms with Gasteiger partial charge in [-0.15, -0.1) is 0 Å². The maximum atomic E-state index is 14.4. The molecule has 0 aliphatic heterocycles. The first-order valence-corrected chi connectivity index (χ1v) is 14.7. The molecule has 9 atom stereocenters.